The smallest absolute Gasteiger partial charge is 0.240 e. The highest BCUT2D eigenvalue weighted by Crippen LogP contribution is 2.19. The molecule has 2 aromatic carbocycles. The largest absolute Gasteiger partial charge is 0.354 e. The van der Waals surface area contributed by atoms with Gasteiger partial charge in [-0.1, -0.05) is 56.3 Å². The summed E-state index contributed by atoms with van der Waals surface area (Å²) in [6.45, 7) is 10.1. The molecular weight excluding hydrogens is 398 g/mol. The third kappa shape index (κ3) is 6.65. The second-order valence-electron chi connectivity index (χ2n) is 7.37. The maximum absolute atomic E-state index is 12.6. The minimum absolute atomic E-state index is 0.0584. The Labute approximate surface area is 180 Å². The van der Waals surface area contributed by atoms with E-state index >= 15 is 0 Å². The zero-order valence-corrected chi connectivity index (χ0v) is 19.1. The Morgan fingerprint density at radius 2 is 1.70 bits per heavy atom. The van der Waals surface area contributed by atoms with Gasteiger partial charge in [0.05, 0.1) is 10.9 Å². The molecular formula is C23H33N3O3S. The molecule has 164 valence electrons. The van der Waals surface area contributed by atoms with Gasteiger partial charge >= 0.3 is 0 Å². The van der Waals surface area contributed by atoms with E-state index in [0.29, 0.717) is 12.1 Å². The van der Waals surface area contributed by atoms with Gasteiger partial charge in [0.1, 0.15) is 0 Å². The second-order valence-corrected chi connectivity index (χ2v) is 9.10. The molecule has 1 atom stereocenters. The van der Waals surface area contributed by atoms with Crippen molar-refractivity contribution in [2.75, 3.05) is 26.2 Å². The molecule has 0 aliphatic heterocycles. The number of amides is 1. The van der Waals surface area contributed by atoms with Gasteiger partial charge in [-0.15, -0.1) is 0 Å². The van der Waals surface area contributed by atoms with Crippen LogP contribution in [0.4, 0.5) is 0 Å². The van der Waals surface area contributed by atoms with Crippen LogP contribution >= 0.6 is 0 Å². The SMILES string of the molecule is CCN(CC)C(CNC(=O)CCNS(=O)(=O)c1cc(C)ccc1C)c1ccccc1. The molecule has 1 amide bonds. The molecule has 6 nitrogen and oxygen atoms in total. The van der Waals surface area contributed by atoms with Crippen molar-refractivity contribution in [1.82, 2.24) is 14.9 Å². The molecule has 0 aliphatic rings. The summed E-state index contributed by atoms with van der Waals surface area (Å²) >= 11 is 0. The summed E-state index contributed by atoms with van der Waals surface area (Å²) in [6.07, 6.45) is 0.0872. The van der Waals surface area contributed by atoms with Gasteiger partial charge in [-0.2, -0.15) is 0 Å². The first kappa shape index (κ1) is 24.1. The Hall–Kier alpha value is -2.22. The first-order valence-corrected chi connectivity index (χ1v) is 11.9. The molecule has 1 unspecified atom stereocenters. The Morgan fingerprint density at radius 3 is 2.33 bits per heavy atom. The summed E-state index contributed by atoms with van der Waals surface area (Å²) in [7, 11) is -3.64. The highest BCUT2D eigenvalue weighted by atomic mass is 32.2. The van der Waals surface area contributed by atoms with Gasteiger partial charge in [0, 0.05) is 19.5 Å². The minimum Gasteiger partial charge on any atom is -0.354 e. The maximum Gasteiger partial charge on any atom is 0.240 e. The van der Waals surface area contributed by atoms with Crippen molar-refractivity contribution in [1.29, 1.82) is 0 Å². The van der Waals surface area contributed by atoms with Crippen LogP contribution in [0.2, 0.25) is 0 Å². The van der Waals surface area contributed by atoms with Crippen LogP contribution in [0.15, 0.2) is 53.4 Å². The number of nitrogens with one attached hydrogen (secondary N) is 2. The number of likely N-dealkylation sites (N-methyl/N-ethyl adjacent to an activating group) is 1. The van der Waals surface area contributed by atoms with E-state index in [-0.39, 0.29) is 29.8 Å². The predicted octanol–water partition coefficient (Wildman–Crippen LogP) is 3.17. The molecule has 0 fully saturated rings. The Balaban J connectivity index is 1.92. The fourth-order valence-electron chi connectivity index (χ4n) is 3.47. The highest BCUT2D eigenvalue weighted by molar-refractivity contribution is 7.89. The Kier molecular flexibility index (Phi) is 9.02. The molecule has 2 N–H and O–H groups in total. The average Bonchev–Trinajstić information content (AvgIpc) is 2.73. The Morgan fingerprint density at radius 1 is 1.03 bits per heavy atom. The molecule has 0 aliphatic carbocycles. The number of carbonyl (C=O) groups is 1. The molecule has 0 radical (unpaired) electrons. The molecule has 2 aromatic rings. The van der Waals surface area contributed by atoms with E-state index in [1.807, 2.05) is 31.2 Å². The molecule has 0 saturated heterocycles. The fraction of sp³-hybridized carbons (Fsp3) is 0.435. The number of sulfonamides is 1. The van der Waals surface area contributed by atoms with Crippen LogP contribution in [-0.4, -0.2) is 45.4 Å². The molecule has 0 aromatic heterocycles. The molecule has 2 rings (SSSR count). The summed E-state index contributed by atoms with van der Waals surface area (Å²) < 4.78 is 27.7. The van der Waals surface area contributed by atoms with E-state index in [0.717, 1.165) is 24.2 Å². The number of aryl methyl sites for hydroxylation is 2. The van der Waals surface area contributed by atoms with Crippen molar-refractivity contribution < 1.29 is 13.2 Å². The van der Waals surface area contributed by atoms with Crippen LogP contribution in [0.1, 0.15) is 43.0 Å². The lowest BCUT2D eigenvalue weighted by Crippen LogP contribution is -2.39. The summed E-state index contributed by atoms with van der Waals surface area (Å²) in [4.78, 5) is 14.9. The normalized spacial score (nSPS) is 12.7. The molecule has 30 heavy (non-hydrogen) atoms. The van der Waals surface area contributed by atoms with E-state index in [4.69, 9.17) is 0 Å². The highest BCUT2D eigenvalue weighted by Gasteiger charge is 2.20. The van der Waals surface area contributed by atoms with Gasteiger partial charge in [0.2, 0.25) is 15.9 Å². The molecule has 0 saturated carbocycles. The van der Waals surface area contributed by atoms with E-state index in [2.05, 4.69) is 40.9 Å². The van der Waals surface area contributed by atoms with Crippen molar-refractivity contribution in [2.45, 2.75) is 45.1 Å². The van der Waals surface area contributed by atoms with Crippen molar-refractivity contribution in [2.24, 2.45) is 0 Å². The topological polar surface area (TPSA) is 78.5 Å². The van der Waals surface area contributed by atoms with Crippen LogP contribution < -0.4 is 10.0 Å². The number of carbonyl (C=O) groups excluding carboxylic acids is 1. The molecule has 0 spiro atoms. The van der Waals surface area contributed by atoms with Crippen LogP contribution in [0.5, 0.6) is 0 Å². The zero-order chi connectivity index (χ0) is 22.1. The summed E-state index contributed by atoms with van der Waals surface area (Å²) in [5.74, 6) is -0.174. The van der Waals surface area contributed by atoms with Gasteiger partial charge in [0.15, 0.2) is 0 Å². The van der Waals surface area contributed by atoms with Gasteiger partial charge in [-0.25, -0.2) is 13.1 Å². The first-order valence-electron chi connectivity index (χ1n) is 10.4. The predicted molar refractivity (Wildman–Crippen MR) is 121 cm³/mol. The summed E-state index contributed by atoms with van der Waals surface area (Å²) in [6, 6.07) is 15.5. The third-order valence-corrected chi connectivity index (χ3v) is 6.81. The number of hydrogen-bond donors (Lipinski definition) is 2. The van der Waals surface area contributed by atoms with Crippen LogP contribution in [-0.2, 0) is 14.8 Å². The number of hydrogen-bond acceptors (Lipinski definition) is 4. The third-order valence-electron chi connectivity index (χ3n) is 5.21. The monoisotopic (exact) mass is 431 g/mol. The van der Waals surface area contributed by atoms with E-state index in [1.165, 1.54) is 0 Å². The van der Waals surface area contributed by atoms with E-state index in [9.17, 15) is 13.2 Å². The lowest BCUT2D eigenvalue weighted by atomic mass is 10.1. The van der Waals surface area contributed by atoms with Crippen LogP contribution in [0.25, 0.3) is 0 Å². The van der Waals surface area contributed by atoms with Gasteiger partial charge < -0.3 is 5.32 Å². The summed E-state index contributed by atoms with van der Waals surface area (Å²) in [5.41, 5.74) is 2.71. The number of nitrogens with zero attached hydrogens (tertiary/aromatic N) is 1. The average molecular weight is 432 g/mol. The number of benzene rings is 2. The van der Waals surface area contributed by atoms with E-state index < -0.39 is 10.0 Å². The fourth-order valence-corrected chi connectivity index (χ4v) is 4.83. The molecule has 0 heterocycles. The Bertz CT molecular complexity index is 926. The summed E-state index contributed by atoms with van der Waals surface area (Å²) in [5, 5.41) is 2.96. The standard InChI is InChI=1S/C23H33N3O3S/c1-5-26(6-2)21(20-10-8-7-9-11-20)17-24-23(27)14-15-25-30(28,29)22-16-18(3)12-13-19(22)4/h7-13,16,21,25H,5-6,14-15,17H2,1-4H3,(H,24,27). The molecule has 7 heteroatoms. The lowest BCUT2D eigenvalue weighted by Gasteiger charge is -2.30. The maximum atomic E-state index is 12.6. The van der Waals surface area contributed by atoms with Crippen LogP contribution in [0, 0.1) is 13.8 Å². The second kappa shape index (κ2) is 11.2. The zero-order valence-electron chi connectivity index (χ0n) is 18.3. The minimum atomic E-state index is -3.64. The van der Waals surface area contributed by atoms with Gasteiger partial charge in [-0.3, -0.25) is 9.69 Å². The molecule has 0 bridgehead atoms. The quantitative estimate of drug-likeness (QED) is 0.573. The number of rotatable bonds is 11. The van der Waals surface area contributed by atoms with E-state index in [1.54, 1.807) is 19.1 Å². The van der Waals surface area contributed by atoms with Gasteiger partial charge in [0.25, 0.3) is 0 Å². The van der Waals surface area contributed by atoms with Crippen LogP contribution in [0.3, 0.4) is 0 Å². The van der Waals surface area contributed by atoms with Crippen molar-refractivity contribution in [3.63, 3.8) is 0 Å². The lowest BCUT2D eigenvalue weighted by molar-refractivity contribution is -0.121. The van der Waals surface area contributed by atoms with Gasteiger partial charge in [-0.05, 0) is 49.7 Å². The van der Waals surface area contributed by atoms with Crippen molar-refractivity contribution >= 4 is 15.9 Å². The first-order chi connectivity index (χ1) is 14.3. The van der Waals surface area contributed by atoms with Crippen molar-refractivity contribution in [3.8, 4) is 0 Å². The van der Waals surface area contributed by atoms with Crippen molar-refractivity contribution in [3.05, 3.63) is 65.2 Å².